The number of benzene rings is 1. The quantitative estimate of drug-likeness (QED) is 0.910. The van der Waals surface area contributed by atoms with Crippen molar-refractivity contribution < 1.29 is 4.74 Å². The molecule has 2 aromatic rings. The Hall–Kier alpha value is -1.84. The van der Waals surface area contributed by atoms with Crippen molar-refractivity contribution in [1.82, 2.24) is 4.98 Å². The molecule has 0 aliphatic carbocycles. The molecule has 0 fully saturated rings. The SMILES string of the molecule is NCCOc1ccc(Cl)cc1/C=C/c1ccncc1. The number of hydrogen-bond acceptors (Lipinski definition) is 3. The Labute approximate surface area is 117 Å². The highest BCUT2D eigenvalue weighted by atomic mass is 35.5. The lowest BCUT2D eigenvalue weighted by Gasteiger charge is -2.08. The minimum Gasteiger partial charge on any atom is -0.492 e. The van der Waals surface area contributed by atoms with Gasteiger partial charge in [-0.2, -0.15) is 0 Å². The molecule has 19 heavy (non-hydrogen) atoms. The Bertz CT molecular complexity index is 555. The van der Waals surface area contributed by atoms with E-state index in [1.54, 1.807) is 18.5 Å². The normalized spacial score (nSPS) is 10.8. The third kappa shape index (κ3) is 4.09. The summed E-state index contributed by atoms with van der Waals surface area (Å²) in [7, 11) is 0. The number of hydrogen-bond donors (Lipinski definition) is 1. The van der Waals surface area contributed by atoms with Gasteiger partial charge in [-0.15, -0.1) is 0 Å². The minimum atomic E-state index is 0.482. The Morgan fingerprint density at radius 3 is 2.68 bits per heavy atom. The molecule has 0 aliphatic rings. The van der Waals surface area contributed by atoms with E-state index in [2.05, 4.69) is 4.98 Å². The maximum absolute atomic E-state index is 6.01. The molecule has 0 amide bonds. The van der Waals surface area contributed by atoms with E-state index >= 15 is 0 Å². The summed E-state index contributed by atoms with van der Waals surface area (Å²) in [5.74, 6) is 0.778. The van der Waals surface area contributed by atoms with Crippen LogP contribution in [0.4, 0.5) is 0 Å². The molecule has 0 radical (unpaired) electrons. The molecule has 2 rings (SSSR count). The zero-order chi connectivity index (χ0) is 13.5. The summed E-state index contributed by atoms with van der Waals surface area (Å²) in [5, 5.41) is 0.675. The fraction of sp³-hybridized carbons (Fsp3) is 0.133. The van der Waals surface area contributed by atoms with Gasteiger partial charge in [0.15, 0.2) is 0 Å². The zero-order valence-electron chi connectivity index (χ0n) is 10.4. The molecule has 0 saturated heterocycles. The van der Waals surface area contributed by atoms with E-state index in [0.29, 0.717) is 18.2 Å². The van der Waals surface area contributed by atoms with Gasteiger partial charge in [0, 0.05) is 29.5 Å². The standard InChI is InChI=1S/C15H15ClN2O/c16-14-3-4-15(19-10-7-17)13(11-14)2-1-12-5-8-18-9-6-12/h1-6,8-9,11H,7,10,17H2/b2-1+. The average molecular weight is 275 g/mol. The molecule has 0 spiro atoms. The van der Waals surface area contributed by atoms with Gasteiger partial charge in [-0.05, 0) is 35.9 Å². The molecule has 2 N–H and O–H groups in total. The van der Waals surface area contributed by atoms with E-state index in [1.807, 2.05) is 36.4 Å². The summed E-state index contributed by atoms with van der Waals surface area (Å²) < 4.78 is 5.58. The molecule has 0 bridgehead atoms. The number of aromatic nitrogens is 1. The van der Waals surface area contributed by atoms with Gasteiger partial charge in [0.1, 0.15) is 12.4 Å². The van der Waals surface area contributed by atoms with Crippen molar-refractivity contribution >= 4 is 23.8 Å². The van der Waals surface area contributed by atoms with E-state index in [0.717, 1.165) is 16.9 Å². The molecule has 1 heterocycles. The van der Waals surface area contributed by atoms with Gasteiger partial charge in [-0.1, -0.05) is 23.8 Å². The van der Waals surface area contributed by atoms with Gasteiger partial charge >= 0.3 is 0 Å². The van der Waals surface area contributed by atoms with Crippen LogP contribution in [0.2, 0.25) is 5.02 Å². The second-order valence-corrected chi connectivity index (χ2v) is 4.37. The summed E-state index contributed by atoms with van der Waals surface area (Å²) in [6.07, 6.45) is 7.46. The lowest BCUT2D eigenvalue weighted by atomic mass is 10.1. The van der Waals surface area contributed by atoms with Gasteiger partial charge < -0.3 is 10.5 Å². The van der Waals surface area contributed by atoms with Crippen LogP contribution in [0.25, 0.3) is 12.2 Å². The first-order valence-electron chi connectivity index (χ1n) is 6.00. The first kappa shape index (κ1) is 13.6. The number of halogens is 1. The van der Waals surface area contributed by atoms with Crippen LogP contribution in [0, 0.1) is 0 Å². The van der Waals surface area contributed by atoms with Crippen molar-refractivity contribution in [3.8, 4) is 5.75 Å². The smallest absolute Gasteiger partial charge is 0.126 e. The summed E-state index contributed by atoms with van der Waals surface area (Å²) >= 11 is 6.01. The van der Waals surface area contributed by atoms with Gasteiger partial charge in [0.05, 0.1) is 0 Å². The maximum atomic E-state index is 6.01. The van der Waals surface area contributed by atoms with Crippen LogP contribution < -0.4 is 10.5 Å². The molecule has 1 aromatic heterocycles. The van der Waals surface area contributed by atoms with Gasteiger partial charge in [-0.25, -0.2) is 0 Å². The van der Waals surface area contributed by atoms with Crippen LogP contribution in [-0.2, 0) is 0 Å². The van der Waals surface area contributed by atoms with Crippen molar-refractivity contribution in [2.75, 3.05) is 13.2 Å². The van der Waals surface area contributed by atoms with Crippen LogP contribution >= 0.6 is 11.6 Å². The molecule has 0 unspecified atom stereocenters. The molecule has 3 nitrogen and oxygen atoms in total. The van der Waals surface area contributed by atoms with Gasteiger partial charge in [0.25, 0.3) is 0 Å². The summed E-state index contributed by atoms with van der Waals surface area (Å²) in [6.45, 7) is 0.966. The van der Waals surface area contributed by atoms with Gasteiger partial charge in [-0.3, -0.25) is 4.98 Å². The highest BCUT2D eigenvalue weighted by molar-refractivity contribution is 6.30. The Kier molecular flexibility index (Phi) is 4.95. The van der Waals surface area contributed by atoms with Crippen LogP contribution in [0.1, 0.15) is 11.1 Å². The maximum Gasteiger partial charge on any atom is 0.126 e. The van der Waals surface area contributed by atoms with E-state index in [-0.39, 0.29) is 0 Å². The van der Waals surface area contributed by atoms with Crippen molar-refractivity contribution in [3.63, 3.8) is 0 Å². The molecule has 0 atom stereocenters. The predicted octanol–water partition coefficient (Wildman–Crippen LogP) is 3.24. The summed E-state index contributed by atoms with van der Waals surface area (Å²) in [5.41, 5.74) is 7.44. The van der Waals surface area contributed by atoms with E-state index in [4.69, 9.17) is 22.1 Å². The molecule has 1 aromatic carbocycles. The Balaban J connectivity index is 2.22. The first-order chi connectivity index (χ1) is 9.29. The third-order valence-corrected chi connectivity index (χ3v) is 2.74. The summed E-state index contributed by atoms with van der Waals surface area (Å²) in [6, 6.07) is 9.38. The molecule has 0 aliphatic heterocycles. The lowest BCUT2D eigenvalue weighted by Crippen LogP contribution is -2.11. The van der Waals surface area contributed by atoms with Crippen LogP contribution in [0.3, 0.4) is 0 Å². The lowest BCUT2D eigenvalue weighted by molar-refractivity contribution is 0.327. The fourth-order valence-electron chi connectivity index (χ4n) is 1.61. The first-order valence-corrected chi connectivity index (χ1v) is 6.38. The molecular weight excluding hydrogens is 260 g/mol. The zero-order valence-corrected chi connectivity index (χ0v) is 11.2. The third-order valence-electron chi connectivity index (χ3n) is 2.51. The molecular formula is C15H15ClN2O. The highest BCUT2D eigenvalue weighted by Crippen LogP contribution is 2.24. The van der Waals surface area contributed by atoms with Crippen LogP contribution in [0.5, 0.6) is 5.75 Å². The van der Waals surface area contributed by atoms with Crippen LogP contribution in [0.15, 0.2) is 42.7 Å². The Morgan fingerprint density at radius 2 is 1.95 bits per heavy atom. The summed E-state index contributed by atoms with van der Waals surface area (Å²) in [4.78, 5) is 3.98. The monoisotopic (exact) mass is 274 g/mol. The average Bonchev–Trinajstić information content (AvgIpc) is 2.45. The highest BCUT2D eigenvalue weighted by Gasteiger charge is 2.01. The molecule has 98 valence electrons. The van der Waals surface area contributed by atoms with Crippen molar-refractivity contribution in [2.45, 2.75) is 0 Å². The molecule has 0 saturated carbocycles. The predicted molar refractivity (Wildman–Crippen MR) is 79.2 cm³/mol. The topological polar surface area (TPSA) is 48.1 Å². The van der Waals surface area contributed by atoms with Crippen LogP contribution in [-0.4, -0.2) is 18.1 Å². The van der Waals surface area contributed by atoms with E-state index in [9.17, 15) is 0 Å². The number of pyridine rings is 1. The second kappa shape index (κ2) is 6.92. The number of nitrogens with two attached hydrogens (primary N) is 1. The van der Waals surface area contributed by atoms with Crippen molar-refractivity contribution in [3.05, 3.63) is 58.9 Å². The molecule has 4 heteroatoms. The van der Waals surface area contributed by atoms with E-state index in [1.165, 1.54) is 0 Å². The number of ether oxygens (including phenoxy) is 1. The van der Waals surface area contributed by atoms with Crippen molar-refractivity contribution in [1.29, 1.82) is 0 Å². The van der Waals surface area contributed by atoms with E-state index < -0.39 is 0 Å². The number of nitrogens with zero attached hydrogens (tertiary/aromatic N) is 1. The Morgan fingerprint density at radius 1 is 1.16 bits per heavy atom. The largest absolute Gasteiger partial charge is 0.492 e. The number of rotatable bonds is 5. The van der Waals surface area contributed by atoms with Gasteiger partial charge in [0.2, 0.25) is 0 Å². The minimum absolute atomic E-state index is 0.482. The second-order valence-electron chi connectivity index (χ2n) is 3.93. The van der Waals surface area contributed by atoms with Crippen molar-refractivity contribution in [2.24, 2.45) is 5.73 Å². The fourth-order valence-corrected chi connectivity index (χ4v) is 1.79.